The number of pyridine rings is 1. The molecule has 0 atom stereocenters. The smallest absolute Gasteiger partial charge is 0.256 e. The Bertz CT molecular complexity index is 1140. The topological polar surface area (TPSA) is 51.2 Å². The minimum absolute atomic E-state index is 0.166. The Hall–Kier alpha value is -3.66. The lowest BCUT2D eigenvalue weighted by atomic mass is 10.0. The molecule has 1 N–H and O–H groups in total. The van der Waals surface area contributed by atoms with Gasteiger partial charge in [0.2, 0.25) is 0 Å². The van der Waals surface area contributed by atoms with Crippen LogP contribution in [0.15, 0.2) is 78.9 Å². The van der Waals surface area contributed by atoms with Gasteiger partial charge in [-0.15, -0.1) is 0 Å². The van der Waals surface area contributed by atoms with E-state index in [2.05, 4.69) is 5.32 Å². The van der Waals surface area contributed by atoms with Crippen LogP contribution in [-0.4, -0.2) is 18.0 Å². The number of fused-ring (bicyclic) bond motifs is 1. The third-order valence-electron chi connectivity index (χ3n) is 4.63. The van der Waals surface area contributed by atoms with E-state index in [0.717, 1.165) is 33.5 Å². The van der Waals surface area contributed by atoms with Gasteiger partial charge in [0.25, 0.3) is 5.91 Å². The summed E-state index contributed by atoms with van der Waals surface area (Å²) < 4.78 is 5.17. The molecule has 4 heteroatoms. The molecule has 0 aliphatic carbocycles. The molecule has 0 saturated heterocycles. The second-order valence-corrected chi connectivity index (χ2v) is 6.62. The van der Waals surface area contributed by atoms with E-state index < -0.39 is 0 Å². The average molecular weight is 368 g/mol. The predicted octanol–water partition coefficient (Wildman–Crippen LogP) is 5.47. The molecular weight excluding hydrogens is 348 g/mol. The van der Waals surface area contributed by atoms with Crippen LogP contribution in [0.1, 0.15) is 15.9 Å². The Morgan fingerprint density at radius 3 is 2.39 bits per heavy atom. The number of nitrogens with one attached hydrogen (secondary N) is 1. The van der Waals surface area contributed by atoms with Gasteiger partial charge < -0.3 is 10.1 Å². The fourth-order valence-electron chi connectivity index (χ4n) is 3.16. The molecule has 0 unspecified atom stereocenters. The van der Waals surface area contributed by atoms with E-state index >= 15 is 0 Å². The zero-order valence-electron chi connectivity index (χ0n) is 15.8. The summed E-state index contributed by atoms with van der Waals surface area (Å²) in [6.45, 7) is 2.01. The van der Waals surface area contributed by atoms with Gasteiger partial charge in [0, 0.05) is 16.6 Å². The lowest BCUT2D eigenvalue weighted by molar-refractivity contribution is 0.102. The Labute approximate surface area is 163 Å². The number of hydrogen-bond donors (Lipinski definition) is 1. The molecule has 4 rings (SSSR count). The summed E-state index contributed by atoms with van der Waals surface area (Å²) >= 11 is 0. The fourth-order valence-corrected chi connectivity index (χ4v) is 3.16. The summed E-state index contributed by atoms with van der Waals surface area (Å²) in [5.41, 5.74) is 4.94. The van der Waals surface area contributed by atoms with E-state index in [4.69, 9.17) is 9.72 Å². The normalized spacial score (nSPS) is 10.6. The minimum Gasteiger partial charge on any atom is -0.497 e. The van der Waals surface area contributed by atoms with E-state index in [9.17, 15) is 4.79 Å². The summed E-state index contributed by atoms with van der Waals surface area (Å²) in [4.78, 5) is 17.9. The second kappa shape index (κ2) is 7.53. The number of carbonyl (C=O) groups is 1. The Kier molecular flexibility index (Phi) is 4.77. The van der Waals surface area contributed by atoms with E-state index in [1.54, 1.807) is 7.11 Å². The summed E-state index contributed by atoms with van der Waals surface area (Å²) in [5, 5.41) is 3.82. The third kappa shape index (κ3) is 3.58. The van der Waals surface area contributed by atoms with E-state index in [-0.39, 0.29) is 5.91 Å². The number of hydrogen-bond acceptors (Lipinski definition) is 3. The van der Waals surface area contributed by atoms with Crippen LogP contribution in [0, 0.1) is 6.92 Å². The van der Waals surface area contributed by atoms with Gasteiger partial charge >= 0.3 is 0 Å². The molecule has 4 aromatic rings. The standard InChI is InChI=1S/C24H20N2O2/c1-16-8-13-22-20(14-16)21(15-23(26-22)17-6-4-3-5-7-17)24(27)25-18-9-11-19(28-2)12-10-18/h3-15H,1-2H3,(H,25,27). The molecule has 138 valence electrons. The first kappa shape index (κ1) is 17.7. The number of rotatable bonds is 4. The molecule has 0 saturated carbocycles. The molecule has 4 nitrogen and oxygen atoms in total. The first-order valence-corrected chi connectivity index (χ1v) is 9.06. The van der Waals surface area contributed by atoms with Crippen molar-refractivity contribution in [3.63, 3.8) is 0 Å². The summed E-state index contributed by atoms with van der Waals surface area (Å²) in [5.74, 6) is 0.578. The highest BCUT2D eigenvalue weighted by Crippen LogP contribution is 2.26. The number of aryl methyl sites for hydroxylation is 1. The van der Waals surface area contributed by atoms with Crippen LogP contribution in [0.25, 0.3) is 22.2 Å². The monoisotopic (exact) mass is 368 g/mol. The summed E-state index contributed by atoms with van der Waals surface area (Å²) in [6, 6.07) is 25.0. The Morgan fingerprint density at radius 1 is 0.929 bits per heavy atom. The van der Waals surface area contributed by atoms with Gasteiger partial charge in [-0.05, 0) is 49.4 Å². The maximum absolute atomic E-state index is 13.1. The molecular formula is C24H20N2O2. The van der Waals surface area contributed by atoms with Gasteiger partial charge in [-0.2, -0.15) is 0 Å². The van der Waals surface area contributed by atoms with Crippen molar-refractivity contribution >= 4 is 22.5 Å². The van der Waals surface area contributed by atoms with Crippen molar-refractivity contribution in [2.24, 2.45) is 0 Å². The van der Waals surface area contributed by atoms with Gasteiger partial charge in [-0.1, -0.05) is 42.0 Å². The molecule has 0 spiro atoms. The van der Waals surface area contributed by atoms with Gasteiger partial charge in [-0.3, -0.25) is 4.79 Å². The van der Waals surface area contributed by atoms with Crippen molar-refractivity contribution < 1.29 is 9.53 Å². The van der Waals surface area contributed by atoms with Crippen molar-refractivity contribution in [2.75, 3.05) is 12.4 Å². The van der Waals surface area contributed by atoms with Crippen molar-refractivity contribution in [2.45, 2.75) is 6.92 Å². The summed E-state index contributed by atoms with van der Waals surface area (Å²) in [6.07, 6.45) is 0. The number of methoxy groups -OCH3 is 1. The highest BCUT2D eigenvalue weighted by molar-refractivity contribution is 6.13. The molecule has 1 aromatic heterocycles. The molecule has 1 heterocycles. The van der Waals surface area contributed by atoms with Crippen LogP contribution in [0.3, 0.4) is 0 Å². The number of amides is 1. The number of aromatic nitrogens is 1. The van der Waals surface area contributed by atoms with Gasteiger partial charge in [0.05, 0.1) is 23.9 Å². The van der Waals surface area contributed by atoms with Crippen LogP contribution in [0.5, 0.6) is 5.75 Å². The second-order valence-electron chi connectivity index (χ2n) is 6.62. The number of carbonyl (C=O) groups excluding carboxylic acids is 1. The molecule has 0 bridgehead atoms. The number of nitrogens with zero attached hydrogens (tertiary/aromatic N) is 1. The third-order valence-corrected chi connectivity index (χ3v) is 4.63. The predicted molar refractivity (Wildman–Crippen MR) is 113 cm³/mol. The van der Waals surface area contributed by atoms with Crippen LogP contribution in [0.4, 0.5) is 5.69 Å². The van der Waals surface area contributed by atoms with Gasteiger partial charge in [0.1, 0.15) is 5.75 Å². The van der Waals surface area contributed by atoms with Crippen molar-refractivity contribution in [1.82, 2.24) is 4.98 Å². The Balaban J connectivity index is 1.78. The van der Waals surface area contributed by atoms with E-state index in [1.807, 2.05) is 85.8 Å². The highest BCUT2D eigenvalue weighted by Gasteiger charge is 2.14. The largest absolute Gasteiger partial charge is 0.497 e. The zero-order valence-corrected chi connectivity index (χ0v) is 15.8. The maximum Gasteiger partial charge on any atom is 0.256 e. The van der Waals surface area contributed by atoms with Gasteiger partial charge in [0.15, 0.2) is 0 Å². The first-order chi connectivity index (χ1) is 13.6. The lowest BCUT2D eigenvalue weighted by Gasteiger charge is -2.12. The number of ether oxygens (including phenoxy) is 1. The van der Waals surface area contributed by atoms with Crippen molar-refractivity contribution in [3.8, 4) is 17.0 Å². The highest BCUT2D eigenvalue weighted by atomic mass is 16.5. The maximum atomic E-state index is 13.1. The van der Waals surface area contributed by atoms with E-state index in [0.29, 0.717) is 11.3 Å². The quantitative estimate of drug-likeness (QED) is 0.519. The van der Waals surface area contributed by atoms with Crippen LogP contribution in [-0.2, 0) is 0 Å². The molecule has 0 radical (unpaired) electrons. The molecule has 1 amide bonds. The van der Waals surface area contributed by atoms with E-state index in [1.165, 1.54) is 0 Å². The van der Waals surface area contributed by atoms with Gasteiger partial charge in [-0.25, -0.2) is 4.98 Å². The fraction of sp³-hybridized carbons (Fsp3) is 0.0833. The molecule has 28 heavy (non-hydrogen) atoms. The molecule has 0 aliphatic rings. The average Bonchev–Trinajstić information content (AvgIpc) is 2.74. The molecule has 3 aromatic carbocycles. The molecule has 0 fully saturated rings. The number of anilines is 1. The molecule has 0 aliphatic heterocycles. The lowest BCUT2D eigenvalue weighted by Crippen LogP contribution is -2.13. The van der Waals surface area contributed by atoms with Crippen molar-refractivity contribution in [3.05, 3.63) is 90.0 Å². The SMILES string of the molecule is COc1ccc(NC(=O)c2cc(-c3ccccc3)nc3ccc(C)cc23)cc1. The first-order valence-electron chi connectivity index (χ1n) is 9.06. The van der Waals surface area contributed by atoms with Crippen molar-refractivity contribution in [1.29, 1.82) is 0 Å². The number of benzene rings is 3. The van der Waals surface area contributed by atoms with Crippen LogP contribution >= 0.6 is 0 Å². The Morgan fingerprint density at radius 2 is 1.68 bits per heavy atom. The van der Waals surface area contributed by atoms with Crippen LogP contribution < -0.4 is 10.1 Å². The minimum atomic E-state index is -0.166. The zero-order chi connectivity index (χ0) is 19.5. The summed E-state index contributed by atoms with van der Waals surface area (Å²) in [7, 11) is 1.62. The van der Waals surface area contributed by atoms with Crippen LogP contribution in [0.2, 0.25) is 0 Å².